The van der Waals surface area contributed by atoms with E-state index in [4.69, 9.17) is 21.1 Å². The third kappa shape index (κ3) is 5.45. The van der Waals surface area contributed by atoms with Crippen LogP contribution in [0.15, 0.2) is 24.3 Å². The first kappa shape index (κ1) is 20.6. The van der Waals surface area contributed by atoms with Crippen molar-refractivity contribution < 1.29 is 19.1 Å². The molecule has 28 heavy (non-hydrogen) atoms. The van der Waals surface area contributed by atoms with Gasteiger partial charge in [0.1, 0.15) is 5.75 Å². The minimum Gasteiger partial charge on any atom is -0.492 e. The van der Waals surface area contributed by atoms with E-state index in [9.17, 15) is 9.59 Å². The number of carbonyl (C=O) groups is 2. The van der Waals surface area contributed by atoms with Gasteiger partial charge in [0.2, 0.25) is 5.91 Å². The molecule has 1 heterocycles. The summed E-state index contributed by atoms with van der Waals surface area (Å²) in [5, 5.41) is 4.00. The molecule has 1 aromatic carbocycles. The molecule has 6 nitrogen and oxygen atoms in total. The molecule has 1 aliphatic rings. The van der Waals surface area contributed by atoms with Crippen LogP contribution in [-0.4, -0.2) is 30.1 Å². The maximum absolute atomic E-state index is 12.2. The lowest BCUT2D eigenvalue weighted by molar-refractivity contribution is -0.148. The van der Waals surface area contributed by atoms with Crippen molar-refractivity contribution in [1.29, 1.82) is 0 Å². The Bertz CT molecular complexity index is 839. The number of ether oxygens (including phenoxy) is 2. The second-order valence-corrected chi connectivity index (χ2v) is 8.00. The van der Waals surface area contributed by atoms with Gasteiger partial charge in [-0.2, -0.15) is 0 Å². The molecule has 1 unspecified atom stereocenters. The van der Waals surface area contributed by atoms with Crippen LogP contribution in [0.25, 0.3) is 0 Å². The second-order valence-electron chi connectivity index (χ2n) is 6.51. The van der Waals surface area contributed by atoms with Gasteiger partial charge in [-0.15, -0.1) is 11.3 Å². The largest absolute Gasteiger partial charge is 0.492 e. The number of halogens is 1. The molecule has 8 heteroatoms. The molecule has 1 N–H and O–H groups in total. The third-order valence-corrected chi connectivity index (χ3v) is 5.80. The Balaban J connectivity index is 1.44. The predicted molar refractivity (Wildman–Crippen MR) is 109 cm³/mol. The fourth-order valence-corrected chi connectivity index (χ4v) is 4.34. The standard InChI is InChI=1S/C20H23ClN2O4S/c1-2-26-19(25)13-9-10-15-17(12-13)28-20(22-15)23-18(24)8-5-11-27-16-7-4-3-6-14(16)21/h3-4,6-7,13H,2,5,8-12H2,1H3,(H,22,23,24). The van der Waals surface area contributed by atoms with Gasteiger partial charge >= 0.3 is 5.97 Å². The number of rotatable bonds is 8. The van der Waals surface area contributed by atoms with E-state index in [1.165, 1.54) is 11.3 Å². The fraction of sp³-hybridized carbons (Fsp3) is 0.450. The van der Waals surface area contributed by atoms with Crippen molar-refractivity contribution in [3.63, 3.8) is 0 Å². The van der Waals surface area contributed by atoms with Crippen LogP contribution < -0.4 is 10.1 Å². The van der Waals surface area contributed by atoms with Crippen molar-refractivity contribution in [2.24, 2.45) is 5.92 Å². The zero-order valence-corrected chi connectivity index (χ0v) is 17.3. The van der Waals surface area contributed by atoms with Crippen LogP contribution in [0.4, 0.5) is 5.13 Å². The smallest absolute Gasteiger partial charge is 0.309 e. The van der Waals surface area contributed by atoms with Crippen molar-refractivity contribution in [2.75, 3.05) is 18.5 Å². The zero-order chi connectivity index (χ0) is 19.9. The molecule has 0 aliphatic heterocycles. The van der Waals surface area contributed by atoms with Crippen molar-refractivity contribution in [3.8, 4) is 5.75 Å². The lowest BCUT2D eigenvalue weighted by Crippen LogP contribution is -2.24. The first-order valence-corrected chi connectivity index (χ1v) is 10.6. The number of carbonyl (C=O) groups excluding carboxylic acids is 2. The molecule has 0 saturated carbocycles. The molecule has 1 aromatic heterocycles. The summed E-state index contributed by atoms with van der Waals surface area (Å²) < 4.78 is 10.7. The molecular weight excluding hydrogens is 400 g/mol. The third-order valence-electron chi connectivity index (χ3n) is 4.45. The first-order chi connectivity index (χ1) is 13.6. The number of fused-ring (bicyclic) bond motifs is 1. The Morgan fingerprint density at radius 2 is 2.18 bits per heavy atom. The van der Waals surface area contributed by atoms with Crippen LogP contribution in [0.5, 0.6) is 5.75 Å². The van der Waals surface area contributed by atoms with E-state index in [-0.39, 0.29) is 17.8 Å². The minimum absolute atomic E-state index is 0.101. The second kappa shape index (κ2) is 9.89. The Hall–Kier alpha value is -2.12. The summed E-state index contributed by atoms with van der Waals surface area (Å²) in [7, 11) is 0. The number of hydrogen-bond acceptors (Lipinski definition) is 6. The summed E-state index contributed by atoms with van der Waals surface area (Å²) in [6, 6.07) is 7.25. The summed E-state index contributed by atoms with van der Waals surface area (Å²) in [6.07, 6.45) is 3.01. The van der Waals surface area contributed by atoms with Crippen LogP contribution in [0.2, 0.25) is 5.02 Å². The van der Waals surface area contributed by atoms with Gasteiger partial charge in [0, 0.05) is 11.3 Å². The molecular formula is C20H23ClN2O4S. The van der Waals surface area contributed by atoms with Crippen LogP contribution in [0.1, 0.15) is 36.8 Å². The molecule has 1 amide bonds. The maximum atomic E-state index is 12.2. The highest BCUT2D eigenvalue weighted by atomic mass is 35.5. The van der Waals surface area contributed by atoms with E-state index in [1.807, 2.05) is 19.1 Å². The number of para-hydroxylation sites is 1. The number of anilines is 1. The lowest BCUT2D eigenvalue weighted by Gasteiger charge is -2.18. The minimum atomic E-state index is -0.148. The molecule has 1 atom stereocenters. The highest BCUT2D eigenvalue weighted by Crippen LogP contribution is 2.33. The van der Waals surface area contributed by atoms with E-state index in [0.717, 1.165) is 23.4 Å². The van der Waals surface area contributed by atoms with Gasteiger partial charge in [0.25, 0.3) is 0 Å². The van der Waals surface area contributed by atoms with Gasteiger partial charge in [-0.1, -0.05) is 23.7 Å². The molecule has 0 spiro atoms. The van der Waals surface area contributed by atoms with Gasteiger partial charge < -0.3 is 14.8 Å². The van der Waals surface area contributed by atoms with Crippen molar-refractivity contribution in [2.45, 2.75) is 39.0 Å². The zero-order valence-electron chi connectivity index (χ0n) is 15.7. The number of benzene rings is 1. The normalized spacial score (nSPS) is 15.6. The van der Waals surface area contributed by atoms with Crippen LogP contribution in [0.3, 0.4) is 0 Å². The molecule has 150 valence electrons. The number of amides is 1. The van der Waals surface area contributed by atoms with Gasteiger partial charge in [-0.25, -0.2) is 4.98 Å². The Kier molecular flexibility index (Phi) is 7.28. The molecule has 0 fully saturated rings. The molecule has 3 rings (SSSR count). The number of thiazole rings is 1. The quantitative estimate of drug-likeness (QED) is 0.508. The fourth-order valence-electron chi connectivity index (χ4n) is 3.05. The number of hydrogen-bond donors (Lipinski definition) is 1. The average Bonchev–Trinajstić information content (AvgIpc) is 3.08. The average molecular weight is 423 g/mol. The number of aryl methyl sites for hydroxylation is 1. The van der Waals surface area contributed by atoms with Gasteiger partial charge in [-0.3, -0.25) is 9.59 Å². The summed E-state index contributed by atoms with van der Waals surface area (Å²) in [4.78, 5) is 29.7. The van der Waals surface area contributed by atoms with Crippen LogP contribution in [0, 0.1) is 5.92 Å². The van der Waals surface area contributed by atoms with E-state index in [1.54, 1.807) is 12.1 Å². The van der Waals surface area contributed by atoms with Crippen molar-refractivity contribution in [3.05, 3.63) is 39.9 Å². The number of nitrogens with one attached hydrogen (secondary N) is 1. The summed E-state index contributed by atoms with van der Waals surface area (Å²) >= 11 is 7.47. The van der Waals surface area contributed by atoms with E-state index >= 15 is 0 Å². The predicted octanol–water partition coefficient (Wildman–Crippen LogP) is 4.26. The number of nitrogens with zero attached hydrogens (tertiary/aromatic N) is 1. The van der Waals surface area contributed by atoms with Crippen molar-refractivity contribution in [1.82, 2.24) is 4.98 Å². The summed E-state index contributed by atoms with van der Waals surface area (Å²) in [5.74, 6) is 0.258. The SMILES string of the molecule is CCOC(=O)C1CCc2nc(NC(=O)CCCOc3ccccc3Cl)sc2C1. The Labute approximate surface area is 173 Å². The molecule has 1 aliphatic carbocycles. The van der Waals surface area contributed by atoms with Crippen molar-refractivity contribution >= 4 is 39.9 Å². The Morgan fingerprint density at radius 3 is 2.96 bits per heavy atom. The first-order valence-electron chi connectivity index (χ1n) is 9.39. The Morgan fingerprint density at radius 1 is 1.36 bits per heavy atom. The summed E-state index contributed by atoms with van der Waals surface area (Å²) in [6.45, 7) is 2.62. The molecule has 0 bridgehead atoms. The van der Waals surface area contributed by atoms with E-state index in [2.05, 4.69) is 10.3 Å². The molecule has 0 radical (unpaired) electrons. The molecule has 2 aromatic rings. The summed E-state index contributed by atoms with van der Waals surface area (Å²) in [5.41, 5.74) is 0.975. The van der Waals surface area contributed by atoms with Gasteiger partial charge in [0.05, 0.1) is 29.8 Å². The van der Waals surface area contributed by atoms with Gasteiger partial charge in [0.15, 0.2) is 5.13 Å². The highest BCUT2D eigenvalue weighted by Gasteiger charge is 2.28. The topological polar surface area (TPSA) is 77.5 Å². The monoisotopic (exact) mass is 422 g/mol. The van der Waals surface area contributed by atoms with E-state index in [0.29, 0.717) is 48.4 Å². The lowest BCUT2D eigenvalue weighted by atomic mass is 9.91. The molecule has 0 saturated heterocycles. The van der Waals surface area contributed by atoms with Gasteiger partial charge in [-0.05, 0) is 44.7 Å². The van der Waals surface area contributed by atoms with Crippen LogP contribution in [-0.2, 0) is 27.2 Å². The van der Waals surface area contributed by atoms with Crippen LogP contribution >= 0.6 is 22.9 Å². The number of esters is 1. The number of aromatic nitrogens is 1. The highest BCUT2D eigenvalue weighted by molar-refractivity contribution is 7.15. The maximum Gasteiger partial charge on any atom is 0.309 e. The van der Waals surface area contributed by atoms with E-state index < -0.39 is 0 Å².